The number of pyridine rings is 1. The van der Waals surface area contributed by atoms with E-state index in [4.69, 9.17) is 4.74 Å². The molecular weight excluding hydrogens is 350 g/mol. The number of ether oxygens (including phenoxy) is 1. The Morgan fingerprint density at radius 1 is 1.07 bits per heavy atom. The van der Waals surface area contributed by atoms with Crippen LogP contribution in [0, 0.1) is 0 Å². The van der Waals surface area contributed by atoms with Gasteiger partial charge in [-0.3, -0.25) is 4.79 Å². The van der Waals surface area contributed by atoms with E-state index in [1.807, 2.05) is 67.6 Å². The highest BCUT2D eigenvalue weighted by molar-refractivity contribution is 6.05. The molecule has 0 saturated carbocycles. The van der Waals surface area contributed by atoms with Crippen LogP contribution in [0.4, 0.5) is 11.5 Å². The molecule has 0 aliphatic rings. The molecule has 0 bridgehead atoms. The summed E-state index contributed by atoms with van der Waals surface area (Å²) in [6.07, 6.45) is 2.49. The third kappa shape index (κ3) is 4.88. The molecule has 1 aromatic heterocycles. The maximum Gasteiger partial charge on any atom is 0.259 e. The summed E-state index contributed by atoms with van der Waals surface area (Å²) in [4.78, 5) is 18.9. The molecule has 0 aliphatic carbocycles. The molecule has 0 spiro atoms. The van der Waals surface area contributed by atoms with Gasteiger partial charge in [0.1, 0.15) is 11.6 Å². The smallest absolute Gasteiger partial charge is 0.259 e. The van der Waals surface area contributed by atoms with Crippen LogP contribution in [0.1, 0.15) is 22.8 Å². The Balaban J connectivity index is 1.59. The minimum absolute atomic E-state index is 0.0517. The number of aromatic nitrogens is 1. The Labute approximate surface area is 166 Å². The summed E-state index contributed by atoms with van der Waals surface area (Å²) in [5, 5.41) is 3.29. The van der Waals surface area contributed by atoms with Gasteiger partial charge in [0.2, 0.25) is 0 Å². The molecule has 5 heteroatoms. The summed E-state index contributed by atoms with van der Waals surface area (Å²) in [7, 11) is 1.67. The Bertz CT molecular complexity index is 895. The first-order valence-corrected chi connectivity index (χ1v) is 9.41. The molecule has 28 heavy (non-hydrogen) atoms. The van der Waals surface area contributed by atoms with Crippen LogP contribution in [0.3, 0.4) is 0 Å². The quantitative estimate of drug-likeness (QED) is 0.634. The van der Waals surface area contributed by atoms with Gasteiger partial charge in [-0.15, -0.1) is 0 Å². The zero-order chi connectivity index (χ0) is 19.8. The molecule has 144 valence electrons. The normalized spacial score (nSPS) is 10.4. The minimum atomic E-state index is -0.0517. The largest absolute Gasteiger partial charge is 0.497 e. The van der Waals surface area contributed by atoms with Crippen LogP contribution in [0.5, 0.6) is 5.75 Å². The van der Waals surface area contributed by atoms with Gasteiger partial charge in [-0.25, -0.2) is 4.98 Å². The summed E-state index contributed by atoms with van der Waals surface area (Å²) in [5.41, 5.74) is 2.65. The second-order valence-electron chi connectivity index (χ2n) is 6.35. The average molecular weight is 375 g/mol. The van der Waals surface area contributed by atoms with E-state index in [0.717, 1.165) is 30.2 Å². The highest BCUT2D eigenvalue weighted by Gasteiger charge is 2.16. The number of para-hydroxylation sites is 1. The molecule has 3 rings (SSSR count). The van der Waals surface area contributed by atoms with Crippen LogP contribution in [-0.2, 0) is 6.42 Å². The van der Waals surface area contributed by atoms with Crippen LogP contribution >= 0.6 is 0 Å². The van der Waals surface area contributed by atoms with Crippen LogP contribution < -0.4 is 15.0 Å². The average Bonchev–Trinajstić information content (AvgIpc) is 2.75. The zero-order valence-electron chi connectivity index (χ0n) is 16.3. The lowest BCUT2D eigenvalue weighted by molar-refractivity contribution is 0.0988. The van der Waals surface area contributed by atoms with Gasteiger partial charge in [-0.05, 0) is 55.3 Å². The fraction of sp³-hybridized carbons (Fsp3) is 0.217. The predicted molar refractivity (Wildman–Crippen MR) is 113 cm³/mol. The highest BCUT2D eigenvalue weighted by Crippen LogP contribution is 2.17. The lowest BCUT2D eigenvalue weighted by Gasteiger charge is -2.21. The van der Waals surface area contributed by atoms with E-state index in [1.165, 1.54) is 5.56 Å². The third-order valence-corrected chi connectivity index (χ3v) is 4.49. The van der Waals surface area contributed by atoms with Crippen molar-refractivity contribution in [2.45, 2.75) is 13.3 Å². The molecule has 0 radical (unpaired) electrons. The fourth-order valence-corrected chi connectivity index (χ4v) is 3.00. The van der Waals surface area contributed by atoms with Gasteiger partial charge in [-0.1, -0.05) is 30.3 Å². The van der Waals surface area contributed by atoms with Gasteiger partial charge in [0.15, 0.2) is 0 Å². The lowest BCUT2D eigenvalue weighted by Crippen LogP contribution is -2.30. The first kappa shape index (κ1) is 19.4. The van der Waals surface area contributed by atoms with E-state index in [9.17, 15) is 4.79 Å². The number of methoxy groups -OCH3 is 1. The number of hydrogen-bond acceptors (Lipinski definition) is 4. The van der Waals surface area contributed by atoms with Gasteiger partial charge in [0, 0.05) is 25.0 Å². The lowest BCUT2D eigenvalue weighted by atomic mass is 10.1. The topological polar surface area (TPSA) is 54.5 Å². The van der Waals surface area contributed by atoms with E-state index in [0.29, 0.717) is 12.1 Å². The first-order valence-electron chi connectivity index (χ1n) is 9.41. The fourth-order valence-electron chi connectivity index (χ4n) is 3.00. The Morgan fingerprint density at radius 2 is 1.89 bits per heavy atom. The van der Waals surface area contributed by atoms with E-state index >= 15 is 0 Å². The third-order valence-electron chi connectivity index (χ3n) is 4.49. The van der Waals surface area contributed by atoms with E-state index in [2.05, 4.69) is 16.4 Å². The Morgan fingerprint density at radius 3 is 2.57 bits per heavy atom. The minimum Gasteiger partial charge on any atom is -0.497 e. The van der Waals surface area contributed by atoms with Crippen molar-refractivity contribution >= 4 is 17.4 Å². The van der Waals surface area contributed by atoms with Crippen molar-refractivity contribution in [1.29, 1.82) is 0 Å². The van der Waals surface area contributed by atoms with Gasteiger partial charge in [-0.2, -0.15) is 0 Å². The molecule has 0 atom stereocenters. The molecule has 3 aromatic rings. The SMILES string of the molecule is CCN(C(=O)c1ccc(NCCc2cccc(OC)c2)nc1)c1ccccc1. The summed E-state index contributed by atoms with van der Waals surface area (Å²) in [6, 6.07) is 21.3. The van der Waals surface area contributed by atoms with Crippen molar-refractivity contribution in [3.63, 3.8) is 0 Å². The van der Waals surface area contributed by atoms with Crippen LogP contribution in [-0.4, -0.2) is 31.1 Å². The molecule has 0 unspecified atom stereocenters. The zero-order valence-corrected chi connectivity index (χ0v) is 16.3. The van der Waals surface area contributed by atoms with Gasteiger partial charge in [0.25, 0.3) is 5.91 Å². The number of rotatable bonds is 8. The second-order valence-corrected chi connectivity index (χ2v) is 6.35. The maximum atomic E-state index is 12.8. The van der Waals surface area contributed by atoms with Crippen molar-refractivity contribution in [2.24, 2.45) is 0 Å². The molecule has 1 N–H and O–H groups in total. The number of nitrogens with zero attached hydrogens (tertiary/aromatic N) is 2. The second kappa shape index (κ2) is 9.55. The summed E-state index contributed by atoms with van der Waals surface area (Å²) < 4.78 is 5.25. The summed E-state index contributed by atoms with van der Waals surface area (Å²) in [5.74, 6) is 1.56. The summed E-state index contributed by atoms with van der Waals surface area (Å²) >= 11 is 0. The Kier molecular flexibility index (Phi) is 6.63. The number of nitrogens with one attached hydrogen (secondary N) is 1. The number of hydrogen-bond donors (Lipinski definition) is 1. The van der Waals surface area contributed by atoms with Crippen molar-refractivity contribution in [2.75, 3.05) is 30.4 Å². The molecule has 1 amide bonds. The molecule has 0 saturated heterocycles. The molecular formula is C23H25N3O2. The van der Waals surface area contributed by atoms with Gasteiger partial charge in [0.05, 0.1) is 12.7 Å². The summed E-state index contributed by atoms with van der Waals surface area (Å²) in [6.45, 7) is 3.31. The van der Waals surface area contributed by atoms with Crippen LogP contribution in [0.15, 0.2) is 72.9 Å². The first-order chi connectivity index (χ1) is 13.7. The molecule has 5 nitrogen and oxygen atoms in total. The molecule has 0 aliphatic heterocycles. The number of carbonyl (C=O) groups excluding carboxylic acids is 1. The maximum absolute atomic E-state index is 12.8. The van der Waals surface area contributed by atoms with E-state index < -0.39 is 0 Å². The van der Waals surface area contributed by atoms with Crippen LogP contribution in [0.25, 0.3) is 0 Å². The van der Waals surface area contributed by atoms with Gasteiger partial charge < -0.3 is 15.0 Å². The molecule has 2 aromatic carbocycles. The van der Waals surface area contributed by atoms with Gasteiger partial charge >= 0.3 is 0 Å². The molecule has 1 heterocycles. The number of anilines is 2. The van der Waals surface area contributed by atoms with Crippen molar-refractivity contribution in [3.8, 4) is 5.75 Å². The monoisotopic (exact) mass is 375 g/mol. The van der Waals surface area contributed by atoms with Crippen molar-refractivity contribution < 1.29 is 9.53 Å². The van der Waals surface area contributed by atoms with Crippen molar-refractivity contribution in [1.82, 2.24) is 4.98 Å². The van der Waals surface area contributed by atoms with Crippen molar-refractivity contribution in [3.05, 3.63) is 84.1 Å². The number of carbonyl (C=O) groups is 1. The highest BCUT2D eigenvalue weighted by atomic mass is 16.5. The number of benzene rings is 2. The predicted octanol–water partition coefficient (Wildman–Crippen LogP) is 4.41. The Hall–Kier alpha value is -3.34. The number of amides is 1. The van der Waals surface area contributed by atoms with E-state index in [1.54, 1.807) is 18.2 Å². The van der Waals surface area contributed by atoms with E-state index in [-0.39, 0.29) is 5.91 Å². The standard InChI is InChI=1S/C23H25N3O2/c1-3-26(20-9-5-4-6-10-20)23(27)19-12-13-22(25-17-19)24-15-14-18-8-7-11-21(16-18)28-2/h4-13,16-17H,3,14-15H2,1-2H3,(H,24,25). The van der Waals surface area contributed by atoms with Crippen LogP contribution in [0.2, 0.25) is 0 Å². The molecule has 0 fully saturated rings.